The molecule has 0 aliphatic carbocycles. The molecule has 3 rings (SSSR count). The summed E-state index contributed by atoms with van der Waals surface area (Å²) in [6.45, 7) is 5.32. The molecule has 5 nitrogen and oxygen atoms in total. The summed E-state index contributed by atoms with van der Waals surface area (Å²) in [5, 5.41) is 4.93. The SMILES string of the molecule is O=C(NCCCN1CCOCC1)c1cc(-c2ccco2)cs1. The van der Waals surface area contributed by atoms with Gasteiger partial charge in [0.2, 0.25) is 0 Å². The summed E-state index contributed by atoms with van der Waals surface area (Å²) in [5.74, 6) is 0.785. The Bertz CT molecular complexity index is 588. The monoisotopic (exact) mass is 320 g/mol. The van der Waals surface area contributed by atoms with Crippen LogP contribution in [0.25, 0.3) is 11.3 Å². The molecule has 0 radical (unpaired) electrons. The van der Waals surface area contributed by atoms with E-state index in [-0.39, 0.29) is 5.91 Å². The van der Waals surface area contributed by atoms with Gasteiger partial charge in [0.25, 0.3) is 5.91 Å². The van der Waals surface area contributed by atoms with Crippen molar-refractivity contribution in [2.24, 2.45) is 0 Å². The number of thiophene rings is 1. The number of rotatable bonds is 6. The van der Waals surface area contributed by atoms with E-state index in [1.807, 2.05) is 23.6 Å². The first-order valence-electron chi connectivity index (χ1n) is 7.53. The molecule has 0 bridgehead atoms. The molecule has 1 saturated heterocycles. The number of morpholine rings is 1. The van der Waals surface area contributed by atoms with Gasteiger partial charge in [-0.1, -0.05) is 0 Å². The first-order chi connectivity index (χ1) is 10.8. The van der Waals surface area contributed by atoms with E-state index in [2.05, 4.69) is 10.2 Å². The molecule has 6 heteroatoms. The minimum absolute atomic E-state index is 0.00946. The highest BCUT2D eigenvalue weighted by Gasteiger charge is 2.12. The van der Waals surface area contributed by atoms with Crippen molar-refractivity contribution in [2.75, 3.05) is 39.4 Å². The Kier molecular flexibility index (Phi) is 5.26. The largest absolute Gasteiger partial charge is 0.464 e. The van der Waals surface area contributed by atoms with Gasteiger partial charge in [-0.15, -0.1) is 11.3 Å². The van der Waals surface area contributed by atoms with Crippen molar-refractivity contribution in [1.82, 2.24) is 10.2 Å². The molecule has 1 aliphatic rings. The zero-order valence-electron chi connectivity index (χ0n) is 12.4. The van der Waals surface area contributed by atoms with Crippen LogP contribution in [0.4, 0.5) is 0 Å². The second-order valence-electron chi connectivity index (χ2n) is 5.24. The Balaban J connectivity index is 1.42. The topological polar surface area (TPSA) is 54.7 Å². The molecular formula is C16H20N2O3S. The van der Waals surface area contributed by atoms with Gasteiger partial charge in [-0.25, -0.2) is 0 Å². The lowest BCUT2D eigenvalue weighted by Gasteiger charge is -2.26. The molecule has 1 aliphatic heterocycles. The Hall–Kier alpha value is -1.63. The molecule has 0 atom stereocenters. The van der Waals surface area contributed by atoms with Crippen molar-refractivity contribution in [1.29, 1.82) is 0 Å². The number of nitrogens with zero attached hydrogens (tertiary/aromatic N) is 1. The fourth-order valence-electron chi connectivity index (χ4n) is 2.44. The number of amides is 1. The minimum Gasteiger partial charge on any atom is -0.464 e. The van der Waals surface area contributed by atoms with Crippen LogP contribution in [-0.2, 0) is 4.74 Å². The predicted molar refractivity (Wildman–Crippen MR) is 86.2 cm³/mol. The summed E-state index contributed by atoms with van der Waals surface area (Å²) in [5.41, 5.74) is 0.952. The average molecular weight is 320 g/mol. The third-order valence-corrected chi connectivity index (χ3v) is 4.60. The molecular weight excluding hydrogens is 300 g/mol. The van der Waals surface area contributed by atoms with E-state index < -0.39 is 0 Å². The van der Waals surface area contributed by atoms with E-state index in [1.54, 1.807) is 6.26 Å². The molecule has 22 heavy (non-hydrogen) atoms. The second-order valence-corrected chi connectivity index (χ2v) is 6.15. The van der Waals surface area contributed by atoms with Crippen molar-refractivity contribution in [3.63, 3.8) is 0 Å². The molecule has 0 spiro atoms. The van der Waals surface area contributed by atoms with Crippen LogP contribution >= 0.6 is 11.3 Å². The zero-order chi connectivity index (χ0) is 15.2. The Morgan fingerprint density at radius 2 is 2.23 bits per heavy atom. The van der Waals surface area contributed by atoms with E-state index >= 15 is 0 Å². The van der Waals surface area contributed by atoms with Crippen LogP contribution in [-0.4, -0.2) is 50.2 Å². The highest BCUT2D eigenvalue weighted by atomic mass is 32.1. The quantitative estimate of drug-likeness (QED) is 0.831. The average Bonchev–Trinajstić information content (AvgIpc) is 3.22. The lowest BCUT2D eigenvalue weighted by atomic mass is 10.2. The number of carbonyl (C=O) groups is 1. The van der Waals surface area contributed by atoms with Gasteiger partial charge in [0, 0.05) is 30.6 Å². The van der Waals surface area contributed by atoms with Crippen molar-refractivity contribution >= 4 is 17.2 Å². The molecule has 3 heterocycles. The highest BCUT2D eigenvalue weighted by molar-refractivity contribution is 7.12. The van der Waals surface area contributed by atoms with Crippen LogP contribution in [0.1, 0.15) is 16.1 Å². The number of hydrogen-bond acceptors (Lipinski definition) is 5. The molecule has 1 amide bonds. The third-order valence-electron chi connectivity index (χ3n) is 3.67. The number of carbonyl (C=O) groups excluding carboxylic acids is 1. The van der Waals surface area contributed by atoms with Gasteiger partial charge in [0.05, 0.1) is 24.4 Å². The van der Waals surface area contributed by atoms with Gasteiger partial charge in [-0.2, -0.15) is 0 Å². The maximum atomic E-state index is 12.1. The van der Waals surface area contributed by atoms with E-state index in [0.29, 0.717) is 6.54 Å². The summed E-state index contributed by atoms with van der Waals surface area (Å²) in [6, 6.07) is 5.62. The summed E-state index contributed by atoms with van der Waals surface area (Å²) in [6.07, 6.45) is 2.60. The van der Waals surface area contributed by atoms with Crippen LogP contribution in [0.5, 0.6) is 0 Å². The van der Waals surface area contributed by atoms with E-state index in [1.165, 1.54) is 11.3 Å². The lowest BCUT2D eigenvalue weighted by molar-refractivity contribution is 0.0374. The van der Waals surface area contributed by atoms with Crippen LogP contribution in [0.3, 0.4) is 0 Å². The molecule has 2 aromatic heterocycles. The maximum Gasteiger partial charge on any atom is 0.261 e. The maximum absolute atomic E-state index is 12.1. The summed E-state index contributed by atoms with van der Waals surface area (Å²) in [4.78, 5) is 15.2. The van der Waals surface area contributed by atoms with Gasteiger partial charge in [0.15, 0.2) is 0 Å². The zero-order valence-corrected chi connectivity index (χ0v) is 13.2. The molecule has 0 saturated carbocycles. The summed E-state index contributed by atoms with van der Waals surface area (Å²) in [7, 11) is 0. The molecule has 118 valence electrons. The van der Waals surface area contributed by atoms with Crippen LogP contribution in [0.2, 0.25) is 0 Å². The van der Waals surface area contributed by atoms with Gasteiger partial charge in [0.1, 0.15) is 5.76 Å². The number of hydrogen-bond donors (Lipinski definition) is 1. The van der Waals surface area contributed by atoms with Gasteiger partial charge >= 0.3 is 0 Å². The molecule has 0 aromatic carbocycles. The van der Waals surface area contributed by atoms with Crippen LogP contribution in [0, 0.1) is 0 Å². The fourth-order valence-corrected chi connectivity index (χ4v) is 3.26. The van der Waals surface area contributed by atoms with Crippen LogP contribution in [0.15, 0.2) is 34.3 Å². The lowest BCUT2D eigenvalue weighted by Crippen LogP contribution is -2.38. The van der Waals surface area contributed by atoms with E-state index in [4.69, 9.17) is 9.15 Å². The van der Waals surface area contributed by atoms with Gasteiger partial charge in [-0.3, -0.25) is 9.69 Å². The predicted octanol–water partition coefficient (Wildman–Crippen LogP) is 2.46. The first-order valence-corrected chi connectivity index (χ1v) is 8.41. The van der Waals surface area contributed by atoms with E-state index in [0.717, 1.165) is 55.5 Å². The van der Waals surface area contributed by atoms with E-state index in [9.17, 15) is 4.79 Å². The Morgan fingerprint density at radius 3 is 3.00 bits per heavy atom. The molecule has 1 fully saturated rings. The summed E-state index contributed by atoms with van der Waals surface area (Å²) >= 11 is 1.44. The standard InChI is InChI=1S/C16H20N2O3S/c19-16(17-4-2-5-18-6-9-20-10-7-18)15-11-13(12-22-15)14-3-1-8-21-14/h1,3,8,11-12H,2,4-7,9-10H2,(H,17,19). The Morgan fingerprint density at radius 1 is 1.36 bits per heavy atom. The summed E-state index contributed by atoms with van der Waals surface area (Å²) < 4.78 is 10.7. The normalized spacial score (nSPS) is 15.8. The fraction of sp³-hybridized carbons (Fsp3) is 0.438. The smallest absolute Gasteiger partial charge is 0.261 e. The molecule has 0 unspecified atom stereocenters. The van der Waals surface area contributed by atoms with Crippen molar-refractivity contribution in [2.45, 2.75) is 6.42 Å². The molecule has 2 aromatic rings. The highest BCUT2D eigenvalue weighted by Crippen LogP contribution is 2.25. The second kappa shape index (κ2) is 7.58. The first kappa shape index (κ1) is 15.3. The third kappa shape index (κ3) is 3.97. The van der Waals surface area contributed by atoms with Crippen LogP contribution < -0.4 is 5.32 Å². The number of nitrogens with one attached hydrogen (secondary N) is 1. The van der Waals surface area contributed by atoms with Gasteiger partial charge < -0.3 is 14.5 Å². The van der Waals surface area contributed by atoms with Gasteiger partial charge in [-0.05, 0) is 31.2 Å². The molecule has 1 N–H and O–H groups in total. The van der Waals surface area contributed by atoms with Crippen molar-refractivity contribution < 1.29 is 13.9 Å². The van der Waals surface area contributed by atoms with Crippen molar-refractivity contribution in [3.05, 3.63) is 34.7 Å². The number of furan rings is 1. The minimum atomic E-state index is -0.00946. The number of ether oxygens (including phenoxy) is 1. The Labute approximate surface area is 133 Å². The van der Waals surface area contributed by atoms with Crippen molar-refractivity contribution in [3.8, 4) is 11.3 Å².